The number of carbonyl (C=O) groups excluding carboxylic acids is 1. The molecule has 0 radical (unpaired) electrons. The minimum absolute atomic E-state index is 0.161. The summed E-state index contributed by atoms with van der Waals surface area (Å²) in [5.74, 6) is 1.19. The summed E-state index contributed by atoms with van der Waals surface area (Å²) < 4.78 is 5.53. The molecule has 0 aliphatic carbocycles. The van der Waals surface area contributed by atoms with E-state index >= 15 is 0 Å². The Balaban J connectivity index is 2.08. The number of carbonyl (C=O) groups is 1. The molecule has 1 amide bonds. The predicted molar refractivity (Wildman–Crippen MR) is 80.6 cm³/mol. The fourth-order valence-electron chi connectivity index (χ4n) is 3.62. The molecule has 1 spiro atoms. The summed E-state index contributed by atoms with van der Waals surface area (Å²) in [5.41, 5.74) is 0.163. The number of ether oxygens (including phenoxy) is 1. The van der Waals surface area contributed by atoms with Crippen molar-refractivity contribution in [2.75, 3.05) is 46.9 Å². The van der Waals surface area contributed by atoms with Gasteiger partial charge in [0.2, 0.25) is 5.91 Å². The van der Waals surface area contributed by atoms with E-state index in [-0.39, 0.29) is 11.3 Å². The average molecular weight is 282 g/mol. The van der Waals surface area contributed by atoms with Crippen LogP contribution in [0.5, 0.6) is 0 Å². The number of rotatable bonds is 4. The van der Waals surface area contributed by atoms with Crippen LogP contribution in [0.2, 0.25) is 0 Å². The molecule has 20 heavy (non-hydrogen) atoms. The molecule has 4 heteroatoms. The normalized spacial score (nSPS) is 26.4. The van der Waals surface area contributed by atoms with Crippen molar-refractivity contribution >= 4 is 5.91 Å². The Labute approximate surface area is 123 Å². The molecule has 1 atom stereocenters. The van der Waals surface area contributed by atoms with Crippen LogP contribution in [-0.4, -0.2) is 62.7 Å². The van der Waals surface area contributed by atoms with E-state index in [1.165, 1.54) is 6.42 Å². The minimum Gasteiger partial charge on any atom is -0.381 e. The third-order valence-electron chi connectivity index (χ3n) is 4.97. The zero-order chi connectivity index (χ0) is 14.8. The van der Waals surface area contributed by atoms with Gasteiger partial charge in [-0.05, 0) is 31.7 Å². The lowest BCUT2D eigenvalue weighted by Gasteiger charge is -2.38. The van der Waals surface area contributed by atoms with E-state index < -0.39 is 0 Å². The Morgan fingerprint density at radius 1 is 1.35 bits per heavy atom. The molecule has 0 aromatic rings. The number of likely N-dealkylation sites (tertiary alicyclic amines) is 1. The van der Waals surface area contributed by atoms with Crippen molar-refractivity contribution in [3.8, 4) is 0 Å². The fourth-order valence-corrected chi connectivity index (χ4v) is 3.62. The molecule has 4 nitrogen and oxygen atoms in total. The zero-order valence-corrected chi connectivity index (χ0v) is 13.5. The number of hydrogen-bond acceptors (Lipinski definition) is 3. The van der Waals surface area contributed by atoms with Crippen LogP contribution >= 0.6 is 0 Å². The summed E-state index contributed by atoms with van der Waals surface area (Å²) in [6.07, 6.45) is 3.29. The van der Waals surface area contributed by atoms with Gasteiger partial charge in [-0.2, -0.15) is 0 Å². The Morgan fingerprint density at radius 3 is 2.55 bits per heavy atom. The molecule has 2 heterocycles. The number of amides is 1. The molecule has 0 aromatic heterocycles. The maximum Gasteiger partial charge on any atom is 0.227 e. The Kier molecular flexibility index (Phi) is 5.08. The Bertz CT molecular complexity index is 335. The Morgan fingerprint density at radius 2 is 2.00 bits per heavy atom. The molecule has 2 rings (SSSR count). The highest BCUT2D eigenvalue weighted by molar-refractivity contribution is 5.80. The van der Waals surface area contributed by atoms with Crippen LogP contribution in [0.1, 0.15) is 33.1 Å². The van der Waals surface area contributed by atoms with Crippen molar-refractivity contribution in [1.82, 2.24) is 9.80 Å². The van der Waals surface area contributed by atoms with Gasteiger partial charge in [-0.3, -0.25) is 4.79 Å². The third kappa shape index (κ3) is 3.34. The monoisotopic (exact) mass is 282 g/mol. The van der Waals surface area contributed by atoms with Crippen LogP contribution in [0, 0.1) is 17.3 Å². The van der Waals surface area contributed by atoms with E-state index in [2.05, 4.69) is 18.7 Å². The van der Waals surface area contributed by atoms with Gasteiger partial charge in [0.1, 0.15) is 0 Å². The summed E-state index contributed by atoms with van der Waals surface area (Å²) in [4.78, 5) is 16.8. The van der Waals surface area contributed by atoms with Crippen LogP contribution in [0.15, 0.2) is 0 Å². The Hall–Kier alpha value is -0.610. The maximum atomic E-state index is 12.6. The third-order valence-corrected chi connectivity index (χ3v) is 4.97. The summed E-state index contributed by atoms with van der Waals surface area (Å²) >= 11 is 0. The molecular weight excluding hydrogens is 252 g/mol. The van der Waals surface area contributed by atoms with E-state index in [1.807, 2.05) is 14.1 Å². The molecule has 1 unspecified atom stereocenters. The van der Waals surface area contributed by atoms with Gasteiger partial charge in [0, 0.05) is 45.8 Å². The first-order chi connectivity index (χ1) is 9.44. The second-order valence-corrected chi connectivity index (χ2v) is 7.18. The quantitative estimate of drug-likeness (QED) is 0.789. The lowest BCUT2D eigenvalue weighted by molar-refractivity contribution is -0.138. The van der Waals surface area contributed by atoms with Gasteiger partial charge in [-0.15, -0.1) is 0 Å². The van der Waals surface area contributed by atoms with Crippen LogP contribution < -0.4 is 0 Å². The molecule has 2 aliphatic rings. The average Bonchev–Trinajstić information content (AvgIpc) is 2.74. The summed E-state index contributed by atoms with van der Waals surface area (Å²) in [6, 6.07) is 0. The SMILES string of the molecule is CC(C)CCN1CC(C(=O)N(C)C)C2(CCOCC2)C1. The van der Waals surface area contributed by atoms with Crippen molar-refractivity contribution < 1.29 is 9.53 Å². The molecule has 2 fully saturated rings. The first-order valence-electron chi connectivity index (χ1n) is 7.96. The number of hydrogen-bond donors (Lipinski definition) is 0. The van der Waals surface area contributed by atoms with Gasteiger partial charge in [0.15, 0.2) is 0 Å². The van der Waals surface area contributed by atoms with Gasteiger partial charge >= 0.3 is 0 Å². The highest BCUT2D eigenvalue weighted by atomic mass is 16.5. The standard InChI is InChI=1S/C16H30N2O2/c1-13(2)5-8-18-11-14(15(19)17(3)4)16(12-18)6-9-20-10-7-16/h13-14H,5-12H2,1-4H3. The largest absolute Gasteiger partial charge is 0.381 e. The fraction of sp³-hybridized carbons (Fsp3) is 0.938. The van der Waals surface area contributed by atoms with Crippen molar-refractivity contribution in [1.29, 1.82) is 0 Å². The van der Waals surface area contributed by atoms with E-state index in [0.29, 0.717) is 5.91 Å². The van der Waals surface area contributed by atoms with Crippen LogP contribution in [0.4, 0.5) is 0 Å². The van der Waals surface area contributed by atoms with Crippen molar-refractivity contribution in [2.24, 2.45) is 17.3 Å². The van der Waals surface area contributed by atoms with Gasteiger partial charge < -0.3 is 14.5 Å². The molecular formula is C16H30N2O2. The molecule has 0 aromatic carbocycles. The summed E-state index contributed by atoms with van der Waals surface area (Å²) in [6.45, 7) is 9.30. The molecule has 116 valence electrons. The van der Waals surface area contributed by atoms with E-state index in [9.17, 15) is 4.79 Å². The highest BCUT2D eigenvalue weighted by Crippen LogP contribution is 2.44. The first kappa shape index (κ1) is 15.8. The minimum atomic E-state index is 0.161. The van der Waals surface area contributed by atoms with Gasteiger partial charge in [0.05, 0.1) is 5.92 Å². The molecule has 0 saturated carbocycles. The molecule has 2 aliphatic heterocycles. The van der Waals surface area contributed by atoms with Crippen molar-refractivity contribution in [2.45, 2.75) is 33.1 Å². The van der Waals surface area contributed by atoms with Crippen LogP contribution in [0.25, 0.3) is 0 Å². The van der Waals surface area contributed by atoms with Gasteiger partial charge in [-0.1, -0.05) is 13.8 Å². The number of nitrogens with zero attached hydrogens (tertiary/aromatic N) is 2. The summed E-state index contributed by atoms with van der Waals surface area (Å²) in [5, 5.41) is 0. The van der Waals surface area contributed by atoms with E-state index in [0.717, 1.165) is 51.6 Å². The maximum absolute atomic E-state index is 12.6. The van der Waals surface area contributed by atoms with Crippen LogP contribution in [0.3, 0.4) is 0 Å². The topological polar surface area (TPSA) is 32.8 Å². The first-order valence-corrected chi connectivity index (χ1v) is 7.96. The molecule has 0 N–H and O–H groups in total. The zero-order valence-electron chi connectivity index (χ0n) is 13.5. The predicted octanol–water partition coefficient (Wildman–Crippen LogP) is 1.85. The van der Waals surface area contributed by atoms with Gasteiger partial charge in [0.25, 0.3) is 0 Å². The van der Waals surface area contributed by atoms with E-state index in [4.69, 9.17) is 4.74 Å². The molecule has 0 bridgehead atoms. The highest BCUT2D eigenvalue weighted by Gasteiger charge is 2.50. The second-order valence-electron chi connectivity index (χ2n) is 7.18. The lowest BCUT2D eigenvalue weighted by Crippen LogP contribution is -2.44. The van der Waals surface area contributed by atoms with Crippen molar-refractivity contribution in [3.05, 3.63) is 0 Å². The second kappa shape index (κ2) is 6.44. The van der Waals surface area contributed by atoms with Crippen molar-refractivity contribution in [3.63, 3.8) is 0 Å². The van der Waals surface area contributed by atoms with E-state index in [1.54, 1.807) is 4.90 Å². The lowest BCUT2D eigenvalue weighted by atomic mass is 9.71. The summed E-state index contributed by atoms with van der Waals surface area (Å²) in [7, 11) is 3.76. The smallest absolute Gasteiger partial charge is 0.227 e. The molecule has 2 saturated heterocycles. The van der Waals surface area contributed by atoms with Crippen LogP contribution in [-0.2, 0) is 9.53 Å². The van der Waals surface area contributed by atoms with Gasteiger partial charge in [-0.25, -0.2) is 0 Å².